The van der Waals surface area contributed by atoms with E-state index in [4.69, 9.17) is 4.74 Å². The van der Waals surface area contributed by atoms with Gasteiger partial charge in [-0.1, -0.05) is 11.8 Å². The van der Waals surface area contributed by atoms with Gasteiger partial charge < -0.3 is 14.6 Å². The first-order chi connectivity index (χ1) is 10.6. The number of nitrogens with zero attached hydrogens (tertiary/aromatic N) is 2. The summed E-state index contributed by atoms with van der Waals surface area (Å²) < 4.78 is 7.03. The molecule has 0 atom stereocenters. The van der Waals surface area contributed by atoms with Gasteiger partial charge in [0.05, 0.1) is 29.0 Å². The van der Waals surface area contributed by atoms with E-state index in [-0.39, 0.29) is 11.9 Å². The van der Waals surface area contributed by atoms with Crippen LogP contribution in [0.5, 0.6) is 0 Å². The van der Waals surface area contributed by atoms with Crippen molar-refractivity contribution in [3.63, 3.8) is 0 Å². The van der Waals surface area contributed by atoms with Gasteiger partial charge in [0, 0.05) is 13.6 Å². The highest BCUT2D eigenvalue weighted by Crippen LogP contribution is 2.25. The molecule has 1 N–H and O–H groups in total. The molecule has 0 aliphatic carbocycles. The van der Waals surface area contributed by atoms with Crippen LogP contribution in [0.3, 0.4) is 0 Å². The fraction of sp³-hybridized carbons (Fsp3) is 0.400. The largest absolute Gasteiger partial charge is 0.462 e. The number of aryl methyl sites for hydroxylation is 1. The molecule has 0 unspecified atom stereocenters. The zero-order chi connectivity index (χ0) is 16.1. The SMILES string of the molecule is CCOC(=O)c1ccc2c(c1)nc(SCC(=O)NC)n2CC. The number of rotatable bonds is 6. The lowest BCUT2D eigenvalue weighted by atomic mass is 10.2. The molecule has 0 aliphatic rings. The van der Waals surface area contributed by atoms with Crippen molar-refractivity contribution >= 4 is 34.7 Å². The van der Waals surface area contributed by atoms with E-state index in [9.17, 15) is 9.59 Å². The van der Waals surface area contributed by atoms with Crippen LogP contribution in [-0.4, -0.2) is 40.8 Å². The Morgan fingerprint density at radius 2 is 2.14 bits per heavy atom. The molecule has 118 valence electrons. The van der Waals surface area contributed by atoms with Crippen molar-refractivity contribution in [1.29, 1.82) is 0 Å². The maximum absolute atomic E-state index is 11.8. The van der Waals surface area contributed by atoms with Crippen LogP contribution in [0.25, 0.3) is 11.0 Å². The number of nitrogens with one attached hydrogen (secondary N) is 1. The van der Waals surface area contributed by atoms with E-state index in [2.05, 4.69) is 10.3 Å². The van der Waals surface area contributed by atoms with Crippen LogP contribution in [-0.2, 0) is 16.1 Å². The monoisotopic (exact) mass is 321 g/mol. The number of fused-ring (bicyclic) bond motifs is 1. The summed E-state index contributed by atoms with van der Waals surface area (Å²) in [5, 5.41) is 3.35. The molecular weight excluding hydrogens is 302 g/mol. The standard InChI is InChI=1S/C15H19N3O3S/c1-4-18-12-7-6-10(14(20)21-5-2)8-11(12)17-15(18)22-9-13(19)16-3/h6-8H,4-5,9H2,1-3H3,(H,16,19). The maximum atomic E-state index is 11.8. The van der Waals surface area contributed by atoms with Gasteiger partial charge in [0.1, 0.15) is 0 Å². The van der Waals surface area contributed by atoms with Gasteiger partial charge in [-0.15, -0.1) is 0 Å². The minimum absolute atomic E-state index is 0.0491. The van der Waals surface area contributed by atoms with E-state index < -0.39 is 0 Å². The van der Waals surface area contributed by atoms with Crippen LogP contribution >= 0.6 is 11.8 Å². The molecule has 0 bridgehead atoms. The topological polar surface area (TPSA) is 73.2 Å². The molecule has 22 heavy (non-hydrogen) atoms. The highest BCUT2D eigenvalue weighted by atomic mass is 32.2. The van der Waals surface area contributed by atoms with E-state index in [1.54, 1.807) is 26.1 Å². The van der Waals surface area contributed by atoms with Crippen molar-refractivity contribution in [3.8, 4) is 0 Å². The highest BCUT2D eigenvalue weighted by molar-refractivity contribution is 7.99. The number of imidazole rings is 1. The second kappa shape index (κ2) is 7.31. The summed E-state index contributed by atoms with van der Waals surface area (Å²) in [7, 11) is 1.61. The molecule has 0 saturated carbocycles. The molecule has 1 amide bonds. The summed E-state index contributed by atoms with van der Waals surface area (Å²) in [6.07, 6.45) is 0. The first kappa shape index (κ1) is 16.4. The Kier molecular flexibility index (Phi) is 5.43. The van der Waals surface area contributed by atoms with Gasteiger partial charge in [-0.25, -0.2) is 9.78 Å². The molecule has 0 spiro atoms. The second-order valence-electron chi connectivity index (χ2n) is 4.52. The number of amides is 1. The maximum Gasteiger partial charge on any atom is 0.338 e. The van der Waals surface area contributed by atoms with Crippen molar-refractivity contribution in [2.24, 2.45) is 0 Å². The van der Waals surface area contributed by atoms with Crippen molar-refractivity contribution < 1.29 is 14.3 Å². The van der Waals surface area contributed by atoms with Crippen LogP contribution in [0, 0.1) is 0 Å². The van der Waals surface area contributed by atoms with Crippen molar-refractivity contribution in [3.05, 3.63) is 23.8 Å². The van der Waals surface area contributed by atoms with Gasteiger partial charge in [0.2, 0.25) is 5.91 Å². The lowest BCUT2D eigenvalue weighted by Gasteiger charge is -2.05. The summed E-state index contributed by atoms with van der Waals surface area (Å²) in [5.41, 5.74) is 2.15. The Hall–Kier alpha value is -2.02. The number of aromatic nitrogens is 2. The third kappa shape index (κ3) is 3.41. The molecule has 0 saturated heterocycles. The van der Waals surface area contributed by atoms with Crippen molar-refractivity contribution in [2.75, 3.05) is 19.4 Å². The lowest BCUT2D eigenvalue weighted by molar-refractivity contribution is -0.118. The Labute approximate surface area is 133 Å². The summed E-state index contributed by atoms with van der Waals surface area (Å²) in [6, 6.07) is 5.33. The van der Waals surface area contributed by atoms with E-state index >= 15 is 0 Å². The number of esters is 1. The predicted molar refractivity (Wildman–Crippen MR) is 86.2 cm³/mol. The van der Waals surface area contributed by atoms with E-state index in [1.807, 2.05) is 17.6 Å². The van der Waals surface area contributed by atoms with Gasteiger partial charge in [0.15, 0.2) is 5.16 Å². The number of benzene rings is 1. The summed E-state index contributed by atoms with van der Waals surface area (Å²) in [4.78, 5) is 27.7. The Morgan fingerprint density at radius 1 is 1.36 bits per heavy atom. The zero-order valence-electron chi connectivity index (χ0n) is 12.9. The number of ether oxygens (including phenoxy) is 1. The fourth-order valence-corrected chi connectivity index (χ4v) is 3.02. The molecule has 2 rings (SSSR count). The van der Waals surface area contributed by atoms with E-state index in [0.717, 1.165) is 22.7 Å². The molecule has 7 heteroatoms. The number of thioether (sulfide) groups is 1. The quantitative estimate of drug-likeness (QED) is 0.651. The third-order valence-electron chi connectivity index (χ3n) is 3.15. The predicted octanol–water partition coefficient (Wildman–Crippen LogP) is 2.07. The molecule has 1 heterocycles. The molecule has 0 fully saturated rings. The average molecular weight is 321 g/mol. The minimum atomic E-state index is -0.352. The third-order valence-corrected chi connectivity index (χ3v) is 4.13. The summed E-state index contributed by atoms with van der Waals surface area (Å²) >= 11 is 1.38. The molecule has 6 nitrogen and oxygen atoms in total. The van der Waals surface area contributed by atoms with Crippen LogP contribution in [0.2, 0.25) is 0 Å². The van der Waals surface area contributed by atoms with E-state index in [0.29, 0.717) is 17.9 Å². The van der Waals surface area contributed by atoms with Crippen LogP contribution in [0.15, 0.2) is 23.4 Å². The smallest absolute Gasteiger partial charge is 0.338 e. The Morgan fingerprint density at radius 3 is 2.77 bits per heavy atom. The molecule has 1 aromatic heterocycles. The van der Waals surface area contributed by atoms with Gasteiger partial charge in [-0.2, -0.15) is 0 Å². The summed E-state index contributed by atoms with van der Waals surface area (Å²) in [6.45, 7) is 4.87. The van der Waals surface area contributed by atoms with Crippen molar-refractivity contribution in [1.82, 2.24) is 14.9 Å². The second-order valence-corrected chi connectivity index (χ2v) is 5.47. The number of hydrogen-bond acceptors (Lipinski definition) is 5. The zero-order valence-corrected chi connectivity index (χ0v) is 13.7. The lowest BCUT2D eigenvalue weighted by Crippen LogP contribution is -2.20. The van der Waals surface area contributed by atoms with Crippen LogP contribution < -0.4 is 5.32 Å². The minimum Gasteiger partial charge on any atom is -0.462 e. The Balaban J connectivity index is 2.34. The summed E-state index contributed by atoms with van der Waals surface area (Å²) in [5.74, 6) is -0.0909. The normalized spacial score (nSPS) is 10.7. The van der Waals surface area contributed by atoms with Crippen LogP contribution in [0.1, 0.15) is 24.2 Å². The molecule has 2 aromatic rings. The van der Waals surface area contributed by atoms with Gasteiger partial charge >= 0.3 is 5.97 Å². The van der Waals surface area contributed by atoms with Gasteiger partial charge in [-0.3, -0.25) is 4.79 Å². The highest BCUT2D eigenvalue weighted by Gasteiger charge is 2.14. The molecule has 0 aliphatic heterocycles. The number of carbonyl (C=O) groups excluding carboxylic acids is 2. The van der Waals surface area contributed by atoms with Crippen molar-refractivity contribution in [2.45, 2.75) is 25.5 Å². The van der Waals surface area contributed by atoms with Gasteiger partial charge in [0.25, 0.3) is 0 Å². The first-order valence-electron chi connectivity index (χ1n) is 7.11. The molecule has 1 aromatic carbocycles. The number of carbonyl (C=O) groups is 2. The number of hydrogen-bond donors (Lipinski definition) is 1. The molecule has 0 radical (unpaired) electrons. The Bertz CT molecular complexity index is 697. The van der Waals surface area contributed by atoms with E-state index in [1.165, 1.54) is 11.8 Å². The average Bonchev–Trinajstić information content (AvgIpc) is 2.89. The van der Waals surface area contributed by atoms with Gasteiger partial charge in [-0.05, 0) is 32.0 Å². The first-order valence-corrected chi connectivity index (χ1v) is 8.10. The molecular formula is C15H19N3O3S. The van der Waals surface area contributed by atoms with Crippen LogP contribution in [0.4, 0.5) is 0 Å². The fourth-order valence-electron chi connectivity index (χ4n) is 2.07.